The number of rotatable bonds is 5. The zero-order chi connectivity index (χ0) is 18.8. The number of anilines is 1. The summed E-state index contributed by atoms with van der Waals surface area (Å²) in [6.07, 6.45) is 0.950. The molecule has 138 valence electrons. The molecule has 7 heteroatoms. The summed E-state index contributed by atoms with van der Waals surface area (Å²) in [6, 6.07) is 7.37. The number of aryl methyl sites for hydroxylation is 2. The van der Waals surface area contributed by atoms with Crippen LogP contribution < -0.4 is 10.2 Å². The lowest BCUT2D eigenvalue weighted by Gasteiger charge is -2.20. The highest BCUT2D eigenvalue weighted by molar-refractivity contribution is 9.10. The SMILES string of the molecule is CC[C@H](NC(=O)[C@@H]1CC(=O)N(c2ccc(Br)cc2)C1)c1c(C)noc1C. The van der Waals surface area contributed by atoms with Gasteiger partial charge in [-0.25, -0.2) is 0 Å². The summed E-state index contributed by atoms with van der Waals surface area (Å²) in [5.41, 5.74) is 2.52. The van der Waals surface area contributed by atoms with E-state index in [4.69, 9.17) is 4.52 Å². The molecule has 0 spiro atoms. The van der Waals surface area contributed by atoms with E-state index in [2.05, 4.69) is 26.4 Å². The fourth-order valence-electron chi connectivity index (χ4n) is 3.41. The van der Waals surface area contributed by atoms with Crippen molar-refractivity contribution in [1.82, 2.24) is 10.5 Å². The molecule has 6 nitrogen and oxygen atoms in total. The molecule has 1 N–H and O–H groups in total. The van der Waals surface area contributed by atoms with Crippen molar-refractivity contribution in [1.29, 1.82) is 0 Å². The van der Waals surface area contributed by atoms with Gasteiger partial charge in [-0.3, -0.25) is 9.59 Å². The molecular formula is C19H22BrN3O3. The average molecular weight is 420 g/mol. The molecule has 0 aliphatic carbocycles. The van der Waals surface area contributed by atoms with E-state index in [0.29, 0.717) is 12.3 Å². The third-order valence-electron chi connectivity index (χ3n) is 4.80. The highest BCUT2D eigenvalue weighted by Gasteiger charge is 2.36. The van der Waals surface area contributed by atoms with Gasteiger partial charge in [-0.1, -0.05) is 28.0 Å². The molecule has 1 fully saturated rings. The molecule has 0 radical (unpaired) electrons. The maximum Gasteiger partial charge on any atom is 0.227 e. The number of amides is 2. The van der Waals surface area contributed by atoms with Crippen molar-refractivity contribution in [2.75, 3.05) is 11.4 Å². The quantitative estimate of drug-likeness (QED) is 0.801. The Balaban J connectivity index is 1.70. The highest BCUT2D eigenvalue weighted by atomic mass is 79.9. The van der Waals surface area contributed by atoms with Gasteiger partial charge in [-0.05, 0) is 44.5 Å². The Morgan fingerprint density at radius 2 is 2.08 bits per heavy atom. The largest absolute Gasteiger partial charge is 0.361 e. The van der Waals surface area contributed by atoms with Crippen molar-refractivity contribution in [2.24, 2.45) is 5.92 Å². The van der Waals surface area contributed by atoms with Gasteiger partial charge in [0.15, 0.2) is 0 Å². The minimum absolute atomic E-state index is 0.0298. The molecule has 2 heterocycles. The van der Waals surface area contributed by atoms with Gasteiger partial charge in [-0.15, -0.1) is 0 Å². The van der Waals surface area contributed by atoms with Gasteiger partial charge in [0.25, 0.3) is 0 Å². The molecule has 2 amide bonds. The molecule has 1 aromatic heterocycles. The van der Waals surface area contributed by atoms with Crippen LogP contribution in [0.25, 0.3) is 0 Å². The van der Waals surface area contributed by atoms with Crippen LogP contribution in [0, 0.1) is 19.8 Å². The minimum atomic E-state index is -0.360. The summed E-state index contributed by atoms with van der Waals surface area (Å²) < 4.78 is 6.17. The van der Waals surface area contributed by atoms with E-state index >= 15 is 0 Å². The summed E-state index contributed by atoms with van der Waals surface area (Å²) in [4.78, 5) is 26.8. The van der Waals surface area contributed by atoms with Crippen LogP contribution in [0.1, 0.15) is 42.8 Å². The Bertz CT molecular complexity index is 796. The highest BCUT2D eigenvalue weighted by Crippen LogP contribution is 2.28. The Hall–Kier alpha value is -2.15. The summed E-state index contributed by atoms with van der Waals surface area (Å²) in [6.45, 7) is 6.11. The molecule has 1 aliphatic heterocycles. The maximum atomic E-state index is 12.8. The zero-order valence-electron chi connectivity index (χ0n) is 15.1. The minimum Gasteiger partial charge on any atom is -0.361 e. The van der Waals surface area contributed by atoms with Crippen LogP contribution in [0.3, 0.4) is 0 Å². The van der Waals surface area contributed by atoms with Gasteiger partial charge >= 0.3 is 0 Å². The molecule has 1 aromatic carbocycles. The number of carbonyl (C=O) groups excluding carboxylic acids is 2. The van der Waals surface area contributed by atoms with Gasteiger partial charge in [0.05, 0.1) is 17.7 Å². The average Bonchev–Trinajstić information content (AvgIpc) is 3.16. The molecule has 0 bridgehead atoms. The number of carbonyl (C=O) groups is 2. The van der Waals surface area contributed by atoms with E-state index < -0.39 is 0 Å². The number of nitrogens with zero attached hydrogens (tertiary/aromatic N) is 2. The second kappa shape index (κ2) is 7.61. The van der Waals surface area contributed by atoms with Gasteiger partial charge in [-0.2, -0.15) is 0 Å². The van der Waals surface area contributed by atoms with Crippen molar-refractivity contribution in [3.05, 3.63) is 45.8 Å². The number of hydrogen-bond donors (Lipinski definition) is 1. The summed E-state index contributed by atoms with van der Waals surface area (Å²) in [7, 11) is 0. The molecule has 0 unspecified atom stereocenters. The molecule has 1 aliphatic rings. The van der Waals surface area contributed by atoms with Crippen molar-refractivity contribution in [2.45, 2.75) is 39.7 Å². The van der Waals surface area contributed by atoms with Gasteiger partial charge in [0, 0.05) is 28.7 Å². The first-order chi connectivity index (χ1) is 12.4. The van der Waals surface area contributed by atoms with Gasteiger partial charge < -0.3 is 14.7 Å². The fraction of sp³-hybridized carbons (Fsp3) is 0.421. The van der Waals surface area contributed by atoms with E-state index in [-0.39, 0.29) is 30.2 Å². The number of benzene rings is 1. The van der Waals surface area contributed by atoms with Crippen LogP contribution in [0.5, 0.6) is 0 Å². The second-order valence-electron chi connectivity index (χ2n) is 6.59. The summed E-state index contributed by atoms with van der Waals surface area (Å²) >= 11 is 3.39. The summed E-state index contributed by atoms with van der Waals surface area (Å²) in [5.74, 6) is 0.219. The monoisotopic (exact) mass is 419 g/mol. The van der Waals surface area contributed by atoms with Crippen molar-refractivity contribution < 1.29 is 14.1 Å². The summed E-state index contributed by atoms with van der Waals surface area (Å²) in [5, 5.41) is 7.04. The lowest BCUT2D eigenvalue weighted by atomic mass is 10.0. The van der Waals surface area contributed by atoms with E-state index in [1.165, 1.54) is 0 Å². The smallest absolute Gasteiger partial charge is 0.227 e. The predicted octanol–water partition coefficient (Wildman–Crippen LogP) is 3.67. The lowest BCUT2D eigenvalue weighted by Crippen LogP contribution is -2.35. The Morgan fingerprint density at radius 1 is 1.38 bits per heavy atom. The number of hydrogen-bond acceptors (Lipinski definition) is 4. The number of nitrogens with one attached hydrogen (secondary N) is 1. The van der Waals surface area contributed by atoms with E-state index in [1.54, 1.807) is 4.90 Å². The van der Waals surface area contributed by atoms with Gasteiger partial charge in [0.1, 0.15) is 5.76 Å². The normalized spacial score (nSPS) is 18.2. The Labute approximate surface area is 161 Å². The van der Waals surface area contributed by atoms with E-state index in [1.807, 2.05) is 45.0 Å². The Morgan fingerprint density at radius 3 is 2.65 bits per heavy atom. The van der Waals surface area contributed by atoms with Crippen LogP contribution >= 0.6 is 15.9 Å². The first-order valence-corrected chi connectivity index (χ1v) is 9.49. The van der Waals surface area contributed by atoms with Crippen molar-refractivity contribution >= 4 is 33.4 Å². The molecular weight excluding hydrogens is 398 g/mol. The van der Waals surface area contributed by atoms with Gasteiger partial charge in [0.2, 0.25) is 11.8 Å². The maximum absolute atomic E-state index is 12.8. The number of aromatic nitrogens is 1. The lowest BCUT2D eigenvalue weighted by molar-refractivity contribution is -0.127. The van der Waals surface area contributed by atoms with Crippen LogP contribution in [-0.2, 0) is 9.59 Å². The molecule has 3 rings (SSSR count). The van der Waals surface area contributed by atoms with Crippen LogP contribution in [0.4, 0.5) is 5.69 Å². The molecule has 1 saturated heterocycles. The molecule has 26 heavy (non-hydrogen) atoms. The zero-order valence-corrected chi connectivity index (χ0v) is 16.7. The van der Waals surface area contributed by atoms with E-state index in [0.717, 1.165) is 27.8 Å². The number of halogens is 1. The van der Waals surface area contributed by atoms with Crippen LogP contribution in [-0.4, -0.2) is 23.5 Å². The first-order valence-electron chi connectivity index (χ1n) is 8.69. The predicted molar refractivity (Wildman–Crippen MR) is 102 cm³/mol. The third-order valence-corrected chi connectivity index (χ3v) is 5.32. The topological polar surface area (TPSA) is 75.4 Å². The Kier molecular flexibility index (Phi) is 5.46. The van der Waals surface area contributed by atoms with Crippen molar-refractivity contribution in [3.8, 4) is 0 Å². The van der Waals surface area contributed by atoms with Crippen LogP contribution in [0.2, 0.25) is 0 Å². The second-order valence-corrected chi connectivity index (χ2v) is 7.50. The standard InChI is InChI=1S/C19H22BrN3O3/c1-4-16(18-11(2)22-26-12(18)3)21-19(25)13-9-17(24)23(10-13)15-7-5-14(20)6-8-15/h5-8,13,16H,4,9-10H2,1-3H3,(H,21,25)/t13-,16+/m1/s1. The fourth-order valence-corrected chi connectivity index (χ4v) is 3.67. The first kappa shape index (κ1) is 18.6. The molecule has 0 saturated carbocycles. The third kappa shape index (κ3) is 3.67. The molecule has 2 aromatic rings. The van der Waals surface area contributed by atoms with Crippen molar-refractivity contribution in [3.63, 3.8) is 0 Å². The van der Waals surface area contributed by atoms with Crippen LogP contribution in [0.15, 0.2) is 33.3 Å². The van der Waals surface area contributed by atoms with E-state index in [9.17, 15) is 9.59 Å². The molecule has 2 atom stereocenters.